The summed E-state index contributed by atoms with van der Waals surface area (Å²) >= 11 is 0. The molecule has 2 aromatic heterocycles. The van der Waals surface area contributed by atoms with Crippen LogP contribution in [-0.4, -0.2) is 69.9 Å². The SMILES string of the molecule is Cc1ccc(C(=O)Nc2nc3cccc(C)c3n2C2CCCCN(C(=O)C=CCN(C)C)C2)cn1. The molecule has 3 heterocycles. The van der Waals surface area contributed by atoms with Gasteiger partial charge in [-0.25, -0.2) is 4.98 Å². The van der Waals surface area contributed by atoms with Crippen LogP contribution < -0.4 is 5.32 Å². The first-order valence-electron chi connectivity index (χ1n) is 12.1. The van der Waals surface area contributed by atoms with Crippen molar-refractivity contribution in [2.75, 3.05) is 39.0 Å². The highest BCUT2D eigenvalue weighted by Crippen LogP contribution is 2.32. The number of rotatable bonds is 6. The lowest BCUT2D eigenvalue weighted by Crippen LogP contribution is -2.35. The second-order valence-corrected chi connectivity index (χ2v) is 9.49. The van der Waals surface area contributed by atoms with Crippen molar-refractivity contribution in [3.05, 3.63) is 65.5 Å². The molecule has 3 aromatic rings. The molecule has 1 saturated heterocycles. The summed E-state index contributed by atoms with van der Waals surface area (Å²) in [6.45, 7) is 5.96. The monoisotopic (exact) mass is 474 g/mol. The number of amides is 2. The summed E-state index contributed by atoms with van der Waals surface area (Å²) in [7, 11) is 3.96. The van der Waals surface area contributed by atoms with Crippen LogP contribution in [0.25, 0.3) is 11.0 Å². The van der Waals surface area contributed by atoms with E-state index in [-0.39, 0.29) is 17.9 Å². The molecule has 4 rings (SSSR count). The average Bonchev–Trinajstić information content (AvgIpc) is 3.01. The molecule has 0 spiro atoms. The number of likely N-dealkylation sites (N-methyl/N-ethyl adjacent to an activating group) is 1. The summed E-state index contributed by atoms with van der Waals surface area (Å²) in [6, 6.07) is 9.58. The van der Waals surface area contributed by atoms with E-state index in [4.69, 9.17) is 4.98 Å². The van der Waals surface area contributed by atoms with Crippen molar-refractivity contribution in [1.29, 1.82) is 0 Å². The molecule has 0 aliphatic carbocycles. The molecule has 8 nitrogen and oxygen atoms in total. The third-order valence-electron chi connectivity index (χ3n) is 6.37. The maximum absolute atomic E-state index is 13.1. The van der Waals surface area contributed by atoms with Crippen molar-refractivity contribution in [2.45, 2.75) is 39.2 Å². The van der Waals surface area contributed by atoms with Crippen LogP contribution in [-0.2, 0) is 4.79 Å². The first kappa shape index (κ1) is 24.6. The van der Waals surface area contributed by atoms with Crippen molar-refractivity contribution in [3.8, 4) is 0 Å². The molecule has 2 amide bonds. The average molecular weight is 475 g/mol. The number of fused-ring (bicyclic) bond motifs is 1. The van der Waals surface area contributed by atoms with Gasteiger partial charge in [-0.1, -0.05) is 18.2 Å². The van der Waals surface area contributed by atoms with Crippen molar-refractivity contribution in [2.24, 2.45) is 0 Å². The minimum absolute atomic E-state index is 0.00115. The smallest absolute Gasteiger partial charge is 0.259 e. The number of carbonyl (C=O) groups excluding carboxylic acids is 2. The van der Waals surface area contributed by atoms with Crippen molar-refractivity contribution in [1.82, 2.24) is 24.3 Å². The van der Waals surface area contributed by atoms with Crippen LogP contribution in [0.4, 0.5) is 5.95 Å². The van der Waals surface area contributed by atoms with Crippen LogP contribution in [0.3, 0.4) is 0 Å². The molecule has 1 fully saturated rings. The van der Waals surface area contributed by atoms with Gasteiger partial charge in [0.15, 0.2) is 0 Å². The van der Waals surface area contributed by atoms with E-state index in [1.54, 1.807) is 18.3 Å². The Balaban J connectivity index is 1.67. The van der Waals surface area contributed by atoms with Gasteiger partial charge in [0, 0.05) is 37.6 Å². The third kappa shape index (κ3) is 5.77. The quantitative estimate of drug-likeness (QED) is 0.547. The topological polar surface area (TPSA) is 83.4 Å². The standard InChI is InChI=1S/C27H34N6O2/c1-19-9-7-11-23-25(19)33(27(29-23)30-26(35)21-14-13-20(2)28-17-21)22-10-5-6-16-32(18-22)24(34)12-8-15-31(3)4/h7-9,11-14,17,22H,5-6,10,15-16,18H2,1-4H3,(H,29,30,35). The zero-order valence-electron chi connectivity index (χ0n) is 21.0. The van der Waals surface area contributed by atoms with Crippen LogP contribution >= 0.6 is 0 Å². The van der Waals surface area contributed by atoms with E-state index in [1.807, 2.05) is 55.1 Å². The van der Waals surface area contributed by atoms with Gasteiger partial charge in [0.25, 0.3) is 5.91 Å². The van der Waals surface area contributed by atoms with E-state index in [0.29, 0.717) is 18.1 Å². The molecule has 35 heavy (non-hydrogen) atoms. The lowest BCUT2D eigenvalue weighted by atomic mass is 10.1. The molecule has 1 aliphatic rings. The normalized spacial score (nSPS) is 16.7. The number of nitrogens with zero attached hydrogens (tertiary/aromatic N) is 5. The molecule has 1 atom stereocenters. The molecule has 0 bridgehead atoms. The van der Waals surface area contributed by atoms with Crippen molar-refractivity contribution >= 4 is 28.8 Å². The van der Waals surface area contributed by atoms with Crippen LogP contribution in [0.2, 0.25) is 0 Å². The maximum Gasteiger partial charge on any atom is 0.259 e. The van der Waals surface area contributed by atoms with Crippen molar-refractivity contribution < 1.29 is 9.59 Å². The fourth-order valence-corrected chi connectivity index (χ4v) is 4.54. The second kappa shape index (κ2) is 10.8. The minimum Gasteiger partial charge on any atom is -0.337 e. The molecular weight excluding hydrogens is 440 g/mol. The molecule has 1 unspecified atom stereocenters. The van der Waals surface area contributed by atoms with Gasteiger partial charge >= 0.3 is 0 Å². The van der Waals surface area contributed by atoms with Gasteiger partial charge in [0.05, 0.1) is 22.6 Å². The zero-order chi connectivity index (χ0) is 24.9. The summed E-state index contributed by atoms with van der Waals surface area (Å²) < 4.78 is 2.12. The number of aryl methyl sites for hydroxylation is 2. The van der Waals surface area contributed by atoms with Gasteiger partial charge in [0.2, 0.25) is 11.9 Å². The van der Waals surface area contributed by atoms with Gasteiger partial charge in [-0.3, -0.25) is 19.9 Å². The predicted molar refractivity (Wildman–Crippen MR) is 139 cm³/mol. The molecule has 1 N–H and O–H groups in total. The number of benzene rings is 1. The molecule has 0 saturated carbocycles. The Morgan fingerprint density at radius 2 is 2.00 bits per heavy atom. The molecule has 1 aliphatic heterocycles. The highest BCUT2D eigenvalue weighted by atomic mass is 16.2. The number of likely N-dealkylation sites (tertiary alicyclic amines) is 1. The highest BCUT2D eigenvalue weighted by Gasteiger charge is 2.27. The van der Waals surface area contributed by atoms with Crippen LogP contribution in [0.15, 0.2) is 48.7 Å². The van der Waals surface area contributed by atoms with E-state index in [1.165, 1.54) is 0 Å². The zero-order valence-corrected chi connectivity index (χ0v) is 21.0. The third-order valence-corrected chi connectivity index (χ3v) is 6.37. The number of anilines is 1. The van der Waals surface area contributed by atoms with E-state index in [9.17, 15) is 9.59 Å². The van der Waals surface area contributed by atoms with E-state index in [2.05, 4.69) is 27.9 Å². The van der Waals surface area contributed by atoms with Crippen molar-refractivity contribution in [3.63, 3.8) is 0 Å². The van der Waals surface area contributed by atoms with Gasteiger partial charge < -0.3 is 14.4 Å². The Kier molecular flexibility index (Phi) is 7.60. The summed E-state index contributed by atoms with van der Waals surface area (Å²) in [5, 5.41) is 3.02. The molecule has 184 valence electrons. The maximum atomic E-state index is 13.1. The first-order valence-corrected chi connectivity index (χ1v) is 12.1. The fourth-order valence-electron chi connectivity index (χ4n) is 4.54. The number of para-hydroxylation sites is 1. The summed E-state index contributed by atoms with van der Waals surface area (Å²) in [4.78, 5) is 39.0. The Hall–Kier alpha value is -3.52. The lowest BCUT2D eigenvalue weighted by molar-refractivity contribution is -0.126. The minimum atomic E-state index is -0.250. The molecule has 0 radical (unpaired) electrons. The number of imidazole rings is 1. The number of aromatic nitrogens is 3. The molecular formula is C27H34N6O2. The van der Waals surface area contributed by atoms with E-state index >= 15 is 0 Å². The van der Waals surface area contributed by atoms with Crippen LogP contribution in [0.1, 0.15) is 46.9 Å². The van der Waals surface area contributed by atoms with E-state index < -0.39 is 0 Å². The van der Waals surface area contributed by atoms with Crippen LogP contribution in [0, 0.1) is 13.8 Å². The predicted octanol–water partition coefficient (Wildman–Crippen LogP) is 3.97. The number of pyridine rings is 1. The Morgan fingerprint density at radius 3 is 2.74 bits per heavy atom. The Bertz CT molecular complexity index is 1230. The largest absolute Gasteiger partial charge is 0.337 e. The van der Waals surface area contributed by atoms with Gasteiger partial charge in [0.1, 0.15) is 0 Å². The molecule has 1 aromatic carbocycles. The summed E-state index contributed by atoms with van der Waals surface area (Å²) in [5.41, 5.74) is 4.24. The van der Waals surface area contributed by atoms with Crippen LogP contribution in [0.5, 0.6) is 0 Å². The summed E-state index contributed by atoms with van der Waals surface area (Å²) in [6.07, 6.45) is 8.00. The number of carbonyl (C=O) groups is 2. The van der Waals surface area contributed by atoms with Gasteiger partial charge in [-0.05, 0) is 71.0 Å². The van der Waals surface area contributed by atoms with Gasteiger partial charge in [-0.15, -0.1) is 0 Å². The lowest BCUT2D eigenvalue weighted by Gasteiger charge is -2.26. The first-order chi connectivity index (χ1) is 16.8. The number of hydrogen-bond acceptors (Lipinski definition) is 5. The van der Waals surface area contributed by atoms with E-state index in [0.717, 1.165) is 54.6 Å². The number of nitrogens with one attached hydrogen (secondary N) is 1. The highest BCUT2D eigenvalue weighted by molar-refractivity contribution is 6.04. The number of hydrogen-bond donors (Lipinski definition) is 1. The second-order valence-electron chi connectivity index (χ2n) is 9.49. The van der Waals surface area contributed by atoms with Gasteiger partial charge in [-0.2, -0.15) is 0 Å². The fraction of sp³-hybridized carbons (Fsp3) is 0.407. The Morgan fingerprint density at radius 1 is 1.17 bits per heavy atom. The molecule has 8 heteroatoms. The Labute approximate surface area is 206 Å². The summed E-state index contributed by atoms with van der Waals surface area (Å²) in [5.74, 6) is 0.276.